The highest BCUT2D eigenvalue weighted by Gasteiger charge is 2.31. The molecule has 4 aromatic rings. The lowest BCUT2D eigenvalue weighted by Gasteiger charge is -2.28. The number of aromatic nitrogens is 1. The molecular weight excluding hydrogens is 590 g/mol. The molecule has 3 aliphatic rings. The number of nitrogens with one attached hydrogen (secondary N) is 2. The predicted octanol–water partition coefficient (Wildman–Crippen LogP) is 7.77. The average Bonchev–Trinajstić information content (AvgIpc) is 3.29. The zero-order valence-corrected chi connectivity index (χ0v) is 26.5. The first-order valence-electron chi connectivity index (χ1n) is 17.0. The number of carboxylic acid groups (broad SMARTS) is 1. The number of carbonyl (C=O) groups excluding carboxylic acids is 2. The second-order valence-electron chi connectivity index (χ2n) is 13.1. The summed E-state index contributed by atoms with van der Waals surface area (Å²) < 4.78 is 8.57. The van der Waals surface area contributed by atoms with Gasteiger partial charge in [-0.25, -0.2) is 4.79 Å². The van der Waals surface area contributed by atoms with Crippen molar-refractivity contribution in [2.24, 2.45) is 5.92 Å². The van der Waals surface area contributed by atoms with Gasteiger partial charge in [-0.1, -0.05) is 49.6 Å². The summed E-state index contributed by atoms with van der Waals surface area (Å²) in [6.45, 7) is 1.32. The highest BCUT2D eigenvalue weighted by Crippen LogP contribution is 2.47. The van der Waals surface area contributed by atoms with Gasteiger partial charge < -0.3 is 25.0 Å². The molecule has 3 aromatic carbocycles. The average molecular weight is 632 g/mol. The molecule has 0 bridgehead atoms. The van der Waals surface area contributed by atoms with Crippen molar-refractivity contribution in [1.29, 1.82) is 0 Å². The normalized spacial score (nSPS) is 19.7. The number of para-hydroxylation sites is 1. The van der Waals surface area contributed by atoms with Gasteiger partial charge in [0.05, 0.1) is 12.2 Å². The van der Waals surface area contributed by atoms with Crippen LogP contribution in [0, 0.1) is 5.92 Å². The molecule has 2 amide bonds. The molecule has 0 atom stereocenters. The number of hydrogen-bond acceptors (Lipinski definition) is 4. The highest BCUT2D eigenvalue weighted by molar-refractivity contribution is 6.01. The minimum Gasteiger partial charge on any atom is -0.491 e. The molecule has 0 saturated heterocycles. The summed E-state index contributed by atoms with van der Waals surface area (Å²) in [7, 11) is 0. The Morgan fingerprint density at radius 3 is 2.40 bits per heavy atom. The lowest BCUT2D eigenvalue weighted by Crippen LogP contribution is -2.39. The number of hydrogen-bond donors (Lipinski definition) is 3. The molecular formula is C39H41N3O5. The van der Waals surface area contributed by atoms with Gasteiger partial charge >= 0.3 is 5.97 Å². The van der Waals surface area contributed by atoms with Crippen LogP contribution in [0.3, 0.4) is 0 Å². The lowest BCUT2D eigenvalue weighted by molar-refractivity contribution is -0.131. The van der Waals surface area contributed by atoms with E-state index in [2.05, 4.69) is 45.5 Å². The standard InChI is InChI=1S/C39H41N3O5/c43-35(44)21-12-25-10-16-29(17-11-25)40-38(45)27-13-18-30(19-14-27)41-39(46)28-15-20-31-33(24-28)42-22-23-47-34-9-5-4-8-32(34)37(42)36(31)26-6-2-1-3-7-26/h4-5,8-12,15-17,20-21,24,26-27,30H,1-3,6-7,13-14,18-19,22-23H2,(H,40,45)(H,41,46)(H,43,44)/t27-,30+. The van der Waals surface area contributed by atoms with Crippen LogP contribution >= 0.6 is 0 Å². The monoisotopic (exact) mass is 631 g/mol. The summed E-state index contributed by atoms with van der Waals surface area (Å²) >= 11 is 0. The number of nitrogens with zero attached hydrogens (tertiary/aromatic N) is 1. The van der Waals surface area contributed by atoms with Crippen LogP contribution in [-0.4, -0.2) is 40.1 Å². The van der Waals surface area contributed by atoms with Crippen LogP contribution in [0.2, 0.25) is 0 Å². The molecule has 0 radical (unpaired) electrons. The van der Waals surface area contributed by atoms with E-state index in [1.165, 1.54) is 54.8 Å². The minimum absolute atomic E-state index is 0.0186. The summed E-state index contributed by atoms with van der Waals surface area (Å²) in [4.78, 5) is 37.3. The molecule has 242 valence electrons. The van der Waals surface area contributed by atoms with E-state index in [0.29, 0.717) is 36.6 Å². The van der Waals surface area contributed by atoms with Crippen molar-refractivity contribution in [3.63, 3.8) is 0 Å². The molecule has 1 aliphatic heterocycles. The van der Waals surface area contributed by atoms with E-state index in [1.807, 2.05) is 12.1 Å². The van der Waals surface area contributed by atoms with Gasteiger partial charge in [0.25, 0.3) is 5.91 Å². The fraction of sp³-hybridized carbons (Fsp3) is 0.359. The Balaban J connectivity index is 1.04. The number of carbonyl (C=O) groups is 3. The number of ether oxygens (including phenoxy) is 1. The number of benzene rings is 3. The fourth-order valence-electron chi connectivity index (χ4n) is 7.74. The number of aliphatic carboxylic acids is 1. The number of anilines is 1. The third-order valence-electron chi connectivity index (χ3n) is 10.1. The second-order valence-corrected chi connectivity index (χ2v) is 13.1. The Bertz CT molecular complexity index is 1830. The Hall–Kier alpha value is -4.85. The SMILES string of the molecule is O=C(O)C=Cc1ccc(NC(=O)[C@H]2CC[C@@H](NC(=O)c3ccc4c(C5CCCCC5)c5n(c4c3)CCOc3ccccc3-5)CC2)cc1. The van der Waals surface area contributed by atoms with Gasteiger partial charge in [0, 0.05) is 45.8 Å². The smallest absolute Gasteiger partial charge is 0.328 e. The Morgan fingerprint density at radius 2 is 1.64 bits per heavy atom. The Kier molecular flexibility index (Phi) is 8.83. The van der Waals surface area contributed by atoms with Crippen molar-refractivity contribution in [2.75, 3.05) is 11.9 Å². The fourth-order valence-corrected chi connectivity index (χ4v) is 7.74. The number of fused-ring (bicyclic) bond motifs is 5. The molecule has 2 saturated carbocycles. The molecule has 2 heterocycles. The minimum atomic E-state index is -1.00. The van der Waals surface area contributed by atoms with E-state index in [0.717, 1.165) is 47.9 Å². The van der Waals surface area contributed by atoms with Crippen LogP contribution in [0.15, 0.2) is 72.8 Å². The van der Waals surface area contributed by atoms with Crippen LogP contribution < -0.4 is 15.4 Å². The maximum Gasteiger partial charge on any atom is 0.328 e. The van der Waals surface area contributed by atoms with E-state index in [-0.39, 0.29) is 23.8 Å². The predicted molar refractivity (Wildman–Crippen MR) is 184 cm³/mol. The van der Waals surface area contributed by atoms with Crippen molar-refractivity contribution >= 4 is 40.4 Å². The van der Waals surface area contributed by atoms with Crippen LogP contribution in [-0.2, 0) is 16.1 Å². The van der Waals surface area contributed by atoms with E-state index >= 15 is 0 Å². The third-order valence-corrected chi connectivity index (χ3v) is 10.1. The largest absolute Gasteiger partial charge is 0.491 e. The van der Waals surface area contributed by atoms with Crippen LogP contribution in [0.25, 0.3) is 28.2 Å². The number of rotatable bonds is 7. The molecule has 8 heteroatoms. The molecule has 3 N–H and O–H groups in total. The van der Waals surface area contributed by atoms with Crippen molar-refractivity contribution < 1.29 is 24.2 Å². The highest BCUT2D eigenvalue weighted by atomic mass is 16.5. The molecule has 47 heavy (non-hydrogen) atoms. The van der Waals surface area contributed by atoms with E-state index in [4.69, 9.17) is 9.84 Å². The molecule has 7 rings (SSSR count). The van der Waals surface area contributed by atoms with Crippen LogP contribution in [0.1, 0.15) is 85.2 Å². The first-order valence-corrected chi connectivity index (χ1v) is 17.0. The summed E-state index contributed by atoms with van der Waals surface area (Å²) in [5.41, 5.74) is 6.98. The van der Waals surface area contributed by atoms with Gasteiger partial charge in [0.15, 0.2) is 0 Å². The summed E-state index contributed by atoms with van der Waals surface area (Å²) in [5, 5.41) is 16.3. The maximum atomic E-state index is 13.6. The van der Waals surface area contributed by atoms with Crippen LogP contribution in [0.4, 0.5) is 5.69 Å². The summed E-state index contributed by atoms with van der Waals surface area (Å²) in [6.07, 6.45) is 11.7. The molecule has 2 aliphatic carbocycles. The summed E-state index contributed by atoms with van der Waals surface area (Å²) in [5.74, 6) is 0.207. The van der Waals surface area contributed by atoms with Gasteiger partial charge in [-0.3, -0.25) is 9.59 Å². The van der Waals surface area contributed by atoms with Gasteiger partial charge in [-0.2, -0.15) is 0 Å². The lowest BCUT2D eigenvalue weighted by atomic mass is 9.81. The molecule has 0 spiro atoms. The molecule has 8 nitrogen and oxygen atoms in total. The van der Waals surface area contributed by atoms with Gasteiger partial charge in [0.2, 0.25) is 5.91 Å². The Morgan fingerprint density at radius 1 is 0.872 bits per heavy atom. The molecule has 0 unspecified atom stereocenters. The van der Waals surface area contributed by atoms with E-state index in [9.17, 15) is 14.4 Å². The first kappa shape index (κ1) is 30.8. The zero-order chi connectivity index (χ0) is 32.3. The van der Waals surface area contributed by atoms with Crippen molar-refractivity contribution in [3.05, 3.63) is 89.5 Å². The third kappa shape index (κ3) is 6.55. The first-order chi connectivity index (χ1) is 22.9. The number of amides is 2. The van der Waals surface area contributed by atoms with Gasteiger partial charge in [0.1, 0.15) is 12.4 Å². The topological polar surface area (TPSA) is 110 Å². The zero-order valence-electron chi connectivity index (χ0n) is 26.5. The molecule has 2 fully saturated rings. The Labute approximate surface area is 274 Å². The number of carboxylic acids is 1. The van der Waals surface area contributed by atoms with Gasteiger partial charge in [-0.05, 0) is 98.0 Å². The van der Waals surface area contributed by atoms with Gasteiger partial charge in [-0.15, -0.1) is 0 Å². The summed E-state index contributed by atoms with van der Waals surface area (Å²) in [6, 6.07) is 21.7. The molecule has 1 aromatic heterocycles. The second kappa shape index (κ2) is 13.5. The van der Waals surface area contributed by atoms with E-state index in [1.54, 1.807) is 24.3 Å². The maximum absolute atomic E-state index is 13.6. The quantitative estimate of drug-likeness (QED) is 0.181. The van der Waals surface area contributed by atoms with E-state index < -0.39 is 5.97 Å². The van der Waals surface area contributed by atoms with Crippen molar-refractivity contribution in [2.45, 2.75) is 76.3 Å². The van der Waals surface area contributed by atoms with Crippen molar-refractivity contribution in [3.8, 4) is 17.0 Å². The van der Waals surface area contributed by atoms with Crippen LogP contribution in [0.5, 0.6) is 5.75 Å². The van der Waals surface area contributed by atoms with Crippen molar-refractivity contribution in [1.82, 2.24) is 9.88 Å².